The maximum Gasteiger partial charge on any atom is 0.335 e. The summed E-state index contributed by atoms with van der Waals surface area (Å²) < 4.78 is 32.8. The zero-order valence-corrected chi connectivity index (χ0v) is 14.4. The first-order valence-electron chi connectivity index (χ1n) is 7.12. The second-order valence-electron chi connectivity index (χ2n) is 4.93. The van der Waals surface area contributed by atoms with Gasteiger partial charge in [0.2, 0.25) is 0 Å². The number of benzene rings is 2. The molecule has 0 aromatic heterocycles. The third-order valence-electron chi connectivity index (χ3n) is 3.04. The fraction of sp³-hybridized carbons (Fsp3) is 0.188. The molecule has 2 aromatic rings. The number of sulfonamides is 1. The number of halogens is 1. The number of carboxylic acid groups (broad SMARTS) is 1. The summed E-state index contributed by atoms with van der Waals surface area (Å²) in [6.07, 6.45) is 0.723. The van der Waals surface area contributed by atoms with Gasteiger partial charge < -0.3 is 9.84 Å². The van der Waals surface area contributed by atoms with Crippen LogP contribution >= 0.6 is 11.6 Å². The third-order valence-corrected chi connectivity index (χ3v) is 4.64. The van der Waals surface area contributed by atoms with Crippen molar-refractivity contribution < 1.29 is 23.1 Å². The van der Waals surface area contributed by atoms with Crippen LogP contribution in [0.4, 0.5) is 5.69 Å². The largest absolute Gasteiger partial charge is 0.491 e. The Morgan fingerprint density at radius 2 is 2.00 bits per heavy atom. The molecule has 0 heterocycles. The number of rotatable bonds is 7. The van der Waals surface area contributed by atoms with E-state index in [-0.39, 0.29) is 26.9 Å². The summed E-state index contributed by atoms with van der Waals surface area (Å²) in [4.78, 5) is 11.1. The fourth-order valence-electron chi connectivity index (χ4n) is 1.92. The molecule has 2 aromatic carbocycles. The molecule has 0 fully saturated rings. The van der Waals surface area contributed by atoms with Gasteiger partial charge in [0, 0.05) is 5.02 Å². The Labute approximate surface area is 145 Å². The van der Waals surface area contributed by atoms with Crippen molar-refractivity contribution in [2.24, 2.45) is 0 Å². The lowest BCUT2D eigenvalue weighted by Gasteiger charge is -2.14. The topological polar surface area (TPSA) is 92.7 Å². The van der Waals surface area contributed by atoms with Crippen molar-refractivity contribution in [2.75, 3.05) is 11.3 Å². The molecule has 6 nitrogen and oxygen atoms in total. The Hall–Kier alpha value is -2.25. The van der Waals surface area contributed by atoms with Crippen molar-refractivity contribution in [2.45, 2.75) is 18.2 Å². The van der Waals surface area contributed by atoms with Crippen LogP contribution in [0.15, 0.2) is 47.4 Å². The summed E-state index contributed by atoms with van der Waals surface area (Å²) >= 11 is 5.83. The molecule has 0 aliphatic heterocycles. The van der Waals surface area contributed by atoms with E-state index in [4.69, 9.17) is 21.4 Å². The molecule has 0 amide bonds. The van der Waals surface area contributed by atoms with Gasteiger partial charge in [-0.3, -0.25) is 4.72 Å². The van der Waals surface area contributed by atoms with Crippen LogP contribution in [0.2, 0.25) is 5.02 Å². The minimum atomic E-state index is -3.93. The van der Waals surface area contributed by atoms with Crippen LogP contribution in [0.1, 0.15) is 23.7 Å². The van der Waals surface area contributed by atoms with Crippen molar-refractivity contribution in [3.63, 3.8) is 0 Å². The predicted molar refractivity (Wildman–Crippen MR) is 91.4 cm³/mol. The molecule has 0 saturated carbocycles. The molecule has 0 radical (unpaired) electrons. The smallest absolute Gasteiger partial charge is 0.335 e. The van der Waals surface area contributed by atoms with Gasteiger partial charge in [-0.15, -0.1) is 0 Å². The van der Waals surface area contributed by atoms with Gasteiger partial charge in [-0.05, 0) is 42.8 Å². The quantitative estimate of drug-likeness (QED) is 0.777. The van der Waals surface area contributed by atoms with E-state index in [0.29, 0.717) is 6.61 Å². The number of hydrogen-bond donors (Lipinski definition) is 2. The lowest BCUT2D eigenvalue weighted by atomic mass is 10.2. The molecule has 24 heavy (non-hydrogen) atoms. The minimum absolute atomic E-state index is 0.0304. The van der Waals surface area contributed by atoms with Crippen molar-refractivity contribution in [3.05, 3.63) is 53.1 Å². The van der Waals surface area contributed by atoms with Crippen LogP contribution < -0.4 is 9.46 Å². The number of carboxylic acids is 1. The lowest BCUT2D eigenvalue weighted by molar-refractivity contribution is 0.0697. The molecule has 0 atom stereocenters. The first-order valence-corrected chi connectivity index (χ1v) is 8.98. The van der Waals surface area contributed by atoms with Gasteiger partial charge in [-0.25, -0.2) is 13.2 Å². The predicted octanol–water partition coefficient (Wildman–Crippen LogP) is 3.63. The highest BCUT2D eigenvalue weighted by atomic mass is 35.5. The molecule has 0 aliphatic rings. The SMILES string of the molecule is CCCOc1ccc(C(=O)O)cc1NS(=O)(=O)c1cccc(Cl)c1. The lowest BCUT2D eigenvalue weighted by Crippen LogP contribution is -2.14. The van der Waals surface area contributed by atoms with Gasteiger partial charge in [-0.1, -0.05) is 24.6 Å². The highest BCUT2D eigenvalue weighted by Gasteiger charge is 2.18. The summed E-state index contributed by atoms with van der Waals surface area (Å²) in [5.41, 5.74) is 0.00553. The number of ether oxygens (including phenoxy) is 1. The van der Waals surface area contributed by atoms with E-state index < -0.39 is 16.0 Å². The van der Waals surface area contributed by atoms with E-state index in [0.717, 1.165) is 6.42 Å². The highest BCUT2D eigenvalue weighted by molar-refractivity contribution is 7.92. The average Bonchev–Trinajstić information content (AvgIpc) is 2.53. The van der Waals surface area contributed by atoms with E-state index in [1.54, 1.807) is 6.07 Å². The maximum absolute atomic E-state index is 12.5. The van der Waals surface area contributed by atoms with Crippen LogP contribution in [0.5, 0.6) is 5.75 Å². The van der Waals surface area contributed by atoms with E-state index >= 15 is 0 Å². The number of aromatic carboxylic acids is 1. The standard InChI is InChI=1S/C16H16ClNO5S/c1-2-8-23-15-7-6-11(16(19)20)9-14(15)18-24(21,22)13-5-3-4-12(17)10-13/h3-7,9-10,18H,2,8H2,1H3,(H,19,20). The molecular formula is C16H16ClNO5S. The summed E-state index contributed by atoms with van der Waals surface area (Å²) in [5, 5.41) is 9.37. The zero-order valence-electron chi connectivity index (χ0n) is 12.8. The van der Waals surface area contributed by atoms with Gasteiger partial charge in [0.05, 0.1) is 22.8 Å². The molecule has 2 rings (SSSR count). The Morgan fingerprint density at radius 1 is 1.25 bits per heavy atom. The number of nitrogens with one attached hydrogen (secondary N) is 1. The zero-order chi connectivity index (χ0) is 17.7. The molecule has 0 unspecified atom stereocenters. The minimum Gasteiger partial charge on any atom is -0.491 e. The van der Waals surface area contributed by atoms with E-state index in [1.165, 1.54) is 36.4 Å². The van der Waals surface area contributed by atoms with Crippen molar-refractivity contribution in [3.8, 4) is 5.75 Å². The van der Waals surface area contributed by atoms with Crippen LogP contribution in [0.25, 0.3) is 0 Å². The third kappa shape index (κ3) is 4.39. The molecule has 8 heteroatoms. The van der Waals surface area contributed by atoms with Crippen LogP contribution in [0, 0.1) is 0 Å². The number of hydrogen-bond acceptors (Lipinski definition) is 4. The maximum atomic E-state index is 12.5. The van der Waals surface area contributed by atoms with E-state index in [2.05, 4.69) is 4.72 Å². The second kappa shape index (κ2) is 7.55. The summed E-state index contributed by atoms with van der Waals surface area (Å²) in [6.45, 7) is 2.28. The Kier molecular flexibility index (Phi) is 5.69. The second-order valence-corrected chi connectivity index (χ2v) is 7.05. The number of anilines is 1. The summed E-state index contributed by atoms with van der Waals surface area (Å²) in [6, 6.07) is 9.76. The Balaban J connectivity index is 2.42. The van der Waals surface area contributed by atoms with Crippen molar-refractivity contribution in [1.29, 1.82) is 0 Å². The van der Waals surface area contributed by atoms with Crippen LogP contribution in [-0.4, -0.2) is 26.1 Å². The van der Waals surface area contributed by atoms with Gasteiger partial charge >= 0.3 is 5.97 Å². The molecule has 0 bridgehead atoms. The molecule has 128 valence electrons. The summed E-state index contributed by atoms with van der Waals surface area (Å²) in [5.74, 6) is -0.910. The van der Waals surface area contributed by atoms with Crippen molar-refractivity contribution in [1.82, 2.24) is 0 Å². The Bertz CT molecular complexity index is 851. The van der Waals surface area contributed by atoms with Gasteiger partial charge in [0.1, 0.15) is 5.75 Å². The van der Waals surface area contributed by atoms with E-state index in [9.17, 15) is 13.2 Å². The van der Waals surface area contributed by atoms with Gasteiger partial charge in [0.15, 0.2) is 0 Å². The first kappa shape index (κ1) is 18.1. The molecule has 0 aliphatic carbocycles. The normalized spacial score (nSPS) is 11.1. The molecule has 2 N–H and O–H groups in total. The van der Waals surface area contributed by atoms with E-state index in [1.807, 2.05) is 6.92 Å². The van der Waals surface area contributed by atoms with Crippen molar-refractivity contribution >= 4 is 33.3 Å². The van der Waals surface area contributed by atoms with Crippen LogP contribution in [-0.2, 0) is 10.0 Å². The molecular weight excluding hydrogens is 354 g/mol. The average molecular weight is 370 g/mol. The fourth-order valence-corrected chi connectivity index (χ4v) is 3.28. The molecule has 0 spiro atoms. The van der Waals surface area contributed by atoms with Gasteiger partial charge in [0.25, 0.3) is 10.0 Å². The molecule has 0 saturated heterocycles. The Morgan fingerprint density at radius 3 is 2.62 bits per heavy atom. The summed E-state index contributed by atoms with van der Waals surface area (Å²) in [7, 11) is -3.93. The van der Waals surface area contributed by atoms with Gasteiger partial charge in [-0.2, -0.15) is 0 Å². The van der Waals surface area contributed by atoms with Crippen LogP contribution in [0.3, 0.4) is 0 Å². The monoisotopic (exact) mass is 369 g/mol. The highest BCUT2D eigenvalue weighted by Crippen LogP contribution is 2.29. The number of carbonyl (C=O) groups is 1. The first-order chi connectivity index (χ1) is 11.3.